The van der Waals surface area contributed by atoms with E-state index in [2.05, 4.69) is 33.9 Å². The number of hydrogen-bond acceptors (Lipinski definition) is 10. The lowest BCUT2D eigenvalue weighted by molar-refractivity contribution is -0.00745. The summed E-state index contributed by atoms with van der Waals surface area (Å²) in [5.41, 5.74) is 0. The molecule has 38 heavy (non-hydrogen) atoms. The molecule has 0 aromatic rings. The van der Waals surface area contributed by atoms with Gasteiger partial charge in [-0.1, -0.05) is 32.9 Å². The number of fused-ring (bicyclic) bond motifs is 1. The lowest BCUT2D eigenvalue weighted by Crippen LogP contribution is -2.46. The molecule has 3 unspecified atom stereocenters. The summed E-state index contributed by atoms with van der Waals surface area (Å²) < 4.78 is 106. The molecule has 0 aromatic heterocycles. The molecule has 0 amide bonds. The second kappa shape index (κ2) is 12.5. The highest BCUT2D eigenvalue weighted by Crippen LogP contribution is 2.55. The van der Waals surface area contributed by atoms with E-state index in [4.69, 9.17) is 42.2 Å². The molecule has 0 saturated carbocycles. The fourth-order valence-electron chi connectivity index (χ4n) is 4.18. The van der Waals surface area contributed by atoms with Gasteiger partial charge in [0.15, 0.2) is 8.32 Å². The third-order valence-corrected chi connectivity index (χ3v) is 15.7. The van der Waals surface area contributed by atoms with Crippen molar-refractivity contribution < 1.29 is 51.3 Å². The van der Waals surface area contributed by atoms with Gasteiger partial charge in [0, 0.05) is 34.0 Å². The predicted molar refractivity (Wildman–Crippen MR) is 147 cm³/mol. The summed E-state index contributed by atoms with van der Waals surface area (Å²) in [5.74, 6) is 0. The van der Waals surface area contributed by atoms with E-state index in [1.165, 1.54) is 6.08 Å². The standard InChI is InChI=1S/C25H46O10P2Si/c1-19-20(9-12-28-19)33-36(26)15-7-8-16-37(27,34-21-10-13-29-23(21)17-31-36)32-18-24-22(11-14-30-24)35-38(5,6)25(2,3)4/h7-8,19-24H,9-18H2,1-6H3/b8-7+/t19-,20?,21?,22?,23-,24-,36-,37-/m1/s1/i1D,12T,13T,14T/t12-,13-,14-,19+,20?,21?,22?,23+,24+,36+,37+/m0. The molecule has 0 bridgehead atoms. The first-order chi connectivity index (χ1) is 19.5. The third-order valence-electron chi connectivity index (χ3n) is 7.58. The van der Waals surface area contributed by atoms with Crippen LogP contribution in [0, 0.1) is 0 Å². The smallest absolute Gasteiger partial charge is 0.334 e. The zero-order chi connectivity index (χ0) is 30.9. The predicted octanol–water partition coefficient (Wildman–Crippen LogP) is 5.52. The maximum atomic E-state index is 14.0. The second-order valence-electron chi connectivity index (χ2n) is 11.6. The number of rotatable bonds is 7. The van der Waals surface area contributed by atoms with Crippen molar-refractivity contribution in [1.29, 1.82) is 0 Å². The van der Waals surface area contributed by atoms with Crippen LogP contribution in [0.3, 0.4) is 0 Å². The summed E-state index contributed by atoms with van der Waals surface area (Å²) in [4.78, 5) is 0. The molecule has 0 aliphatic carbocycles. The van der Waals surface area contributed by atoms with Gasteiger partial charge in [0.25, 0.3) is 0 Å². The lowest BCUT2D eigenvalue weighted by atomic mass is 10.2. The average molecular weight is 604 g/mol. The topological polar surface area (TPSA) is 108 Å². The molecule has 10 nitrogen and oxygen atoms in total. The van der Waals surface area contributed by atoms with Gasteiger partial charge in [0.2, 0.25) is 0 Å². The van der Waals surface area contributed by atoms with E-state index >= 15 is 0 Å². The van der Waals surface area contributed by atoms with Crippen molar-refractivity contribution in [2.45, 2.75) is 102 Å². The first-order valence-corrected chi connectivity index (χ1v) is 19.6. The van der Waals surface area contributed by atoms with Crippen LogP contribution in [0.4, 0.5) is 0 Å². The normalized spacial score (nSPS) is 49.3. The van der Waals surface area contributed by atoms with Gasteiger partial charge in [0.1, 0.15) is 12.2 Å². The van der Waals surface area contributed by atoms with E-state index in [1.54, 1.807) is 6.08 Å². The summed E-state index contributed by atoms with van der Waals surface area (Å²) in [5, 5.41) is -0.0423. The minimum atomic E-state index is -3.82. The van der Waals surface area contributed by atoms with Crippen LogP contribution in [0.25, 0.3) is 0 Å². The van der Waals surface area contributed by atoms with Crippen molar-refractivity contribution in [3.63, 3.8) is 0 Å². The van der Waals surface area contributed by atoms with Crippen molar-refractivity contribution >= 4 is 23.5 Å². The van der Waals surface area contributed by atoms with E-state index in [0.29, 0.717) is 6.42 Å². The zero-order valence-electron chi connectivity index (χ0n) is 27.0. The molecule has 0 aromatic carbocycles. The van der Waals surface area contributed by atoms with Crippen LogP contribution in [0.1, 0.15) is 52.4 Å². The van der Waals surface area contributed by atoms with E-state index in [1.807, 2.05) is 0 Å². The van der Waals surface area contributed by atoms with E-state index < -0.39 is 73.8 Å². The quantitative estimate of drug-likeness (QED) is 0.210. The Labute approximate surface area is 234 Å². The van der Waals surface area contributed by atoms with E-state index in [-0.39, 0.29) is 56.4 Å². The van der Waals surface area contributed by atoms with Crippen LogP contribution in [-0.4, -0.2) is 90.2 Å². The Hall–Kier alpha value is 0.0969. The molecular formula is C25H46O10P2Si. The maximum absolute atomic E-state index is 14.0. The Bertz CT molecular complexity index is 1050. The van der Waals surface area contributed by atoms with Gasteiger partial charge in [0.05, 0.1) is 54.1 Å². The molecule has 4 aliphatic heterocycles. The SMILES string of the molecule is [2H]C[C@H]1O[C@@H]([3H])CC1O[P@@]1(=O)C/C=C/C[P@@](=O)(OC[C@H]2O[C@@H]([3H])CC2O[Si](C)(C)C(C)(C)C)OC2C[C@H]([3H])O[C@@H]2CO1. The zero-order valence-corrected chi connectivity index (χ0v) is 25.8. The molecule has 0 N–H and O–H groups in total. The largest absolute Gasteiger partial charge is 0.411 e. The lowest BCUT2D eigenvalue weighted by Gasteiger charge is -2.39. The Morgan fingerprint density at radius 3 is 2.42 bits per heavy atom. The summed E-state index contributed by atoms with van der Waals surface area (Å²) in [7, 11) is -9.77. The summed E-state index contributed by atoms with van der Waals surface area (Å²) >= 11 is 0. The molecule has 4 aliphatic rings. The highest BCUT2D eigenvalue weighted by Gasteiger charge is 2.44. The molecule has 3 saturated heterocycles. The fourth-order valence-corrected chi connectivity index (χ4v) is 8.88. The van der Waals surface area contributed by atoms with E-state index in [9.17, 15) is 9.13 Å². The third kappa shape index (κ3) is 7.88. The Balaban J connectivity index is 1.47. The van der Waals surface area contributed by atoms with Crippen LogP contribution in [0.5, 0.6) is 0 Å². The molecular weight excluding hydrogens is 550 g/mol. The average Bonchev–Trinajstić information content (AvgIpc) is 3.52. The number of ether oxygens (including phenoxy) is 3. The summed E-state index contributed by atoms with van der Waals surface area (Å²) in [6.07, 6.45) is -0.635. The molecule has 0 radical (unpaired) electrons. The molecule has 13 heteroatoms. The second-order valence-corrected chi connectivity index (χ2v) is 20.5. The van der Waals surface area contributed by atoms with Gasteiger partial charge in [-0.25, -0.2) is 0 Å². The van der Waals surface area contributed by atoms with Crippen LogP contribution in [0.2, 0.25) is 18.1 Å². The maximum Gasteiger partial charge on any atom is 0.334 e. The van der Waals surface area contributed by atoms with Crippen molar-refractivity contribution in [2.24, 2.45) is 0 Å². The van der Waals surface area contributed by atoms with Crippen LogP contribution in [-0.2, 0) is 45.9 Å². The molecule has 4 heterocycles. The van der Waals surface area contributed by atoms with E-state index in [0.717, 1.165) is 0 Å². The van der Waals surface area contributed by atoms with Crippen molar-refractivity contribution in [3.8, 4) is 0 Å². The summed E-state index contributed by atoms with van der Waals surface area (Å²) in [6.45, 7) is 7.56. The van der Waals surface area contributed by atoms with Crippen molar-refractivity contribution in [2.75, 3.05) is 45.3 Å². The van der Waals surface area contributed by atoms with Crippen LogP contribution in [0.15, 0.2) is 12.2 Å². The first kappa shape index (κ1) is 25.8. The van der Waals surface area contributed by atoms with Crippen molar-refractivity contribution in [1.82, 2.24) is 0 Å². The van der Waals surface area contributed by atoms with Gasteiger partial charge in [-0.2, -0.15) is 0 Å². The number of hydrogen-bond donors (Lipinski definition) is 0. The molecule has 4 rings (SSSR count). The van der Waals surface area contributed by atoms with Crippen LogP contribution >= 0.6 is 15.2 Å². The molecule has 0 spiro atoms. The molecule has 220 valence electrons. The van der Waals surface area contributed by atoms with Gasteiger partial charge in [-0.3, -0.25) is 9.13 Å². The Morgan fingerprint density at radius 2 is 1.68 bits per heavy atom. The van der Waals surface area contributed by atoms with Crippen LogP contribution < -0.4 is 0 Å². The minimum absolute atomic E-state index is 0.0423. The summed E-state index contributed by atoms with van der Waals surface area (Å²) in [6, 6.07) is 0. The number of allylic oxidation sites excluding steroid dienone is 2. The monoisotopic (exact) mass is 603 g/mol. The first-order valence-electron chi connectivity index (χ1n) is 15.6. The highest BCUT2D eigenvalue weighted by molar-refractivity contribution is 7.54. The van der Waals surface area contributed by atoms with Crippen molar-refractivity contribution in [3.05, 3.63) is 12.2 Å². The highest BCUT2D eigenvalue weighted by atomic mass is 31.2. The Morgan fingerprint density at radius 1 is 1.00 bits per heavy atom. The van der Waals surface area contributed by atoms with Gasteiger partial charge in [-0.15, -0.1) is 0 Å². The van der Waals surface area contributed by atoms with Gasteiger partial charge < -0.3 is 36.7 Å². The van der Waals surface area contributed by atoms with Gasteiger partial charge in [-0.05, 0) is 31.5 Å². The fraction of sp³-hybridized carbons (Fsp3) is 0.920. The molecule has 3 fully saturated rings. The molecule has 11 atom stereocenters. The Kier molecular flexibility index (Phi) is 8.50. The minimum Gasteiger partial charge on any atom is -0.411 e. The van der Waals surface area contributed by atoms with Gasteiger partial charge >= 0.3 is 15.2 Å².